The number of carbonyl (C=O) groups excluding carboxylic acids is 2. The van der Waals surface area contributed by atoms with Crippen LogP contribution in [0, 0.1) is 11.8 Å². The molecule has 0 saturated carbocycles. The largest absolute Gasteiger partial charge is 0.356 e. The van der Waals surface area contributed by atoms with Crippen LogP contribution in [0.1, 0.15) is 38.9 Å². The van der Waals surface area contributed by atoms with Crippen molar-refractivity contribution in [1.82, 2.24) is 30.8 Å². The number of aromatic nitrogens is 4. The number of hydrogen-bond donors (Lipinski definition) is 2. The van der Waals surface area contributed by atoms with Gasteiger partial charge in [0.15, 0.2) is 5.82 Å². The average molecular weight is 308 g/mol. The van der Waals surface area contributed by atoms with Crippen LogP contribution in [-0.4, -0.2) is 57.0 Å². The molecule has 2 rings (SSSR count). The zero-order valence-electron chi connectivity index (χ0n) is 13.2. The lowest BCUT2D eigenvalue weighted by atomic mass is 9.95. The van der Waals surface area contributed by atoms with Crippen LogP contribution in [0.5, 0.6) is 0 Å². The minimum absolute atomic E-state index is 0.0365. The molecule has 0 spiro atoms. The number of aryl methyl sites for hydroxylation is 1. The van der Waals surface area contributed by atoms with Gasteiger partial charge in [-0.3, -0.25) is 9.59 Å². The highest BCUT2D eigenvalue weighted by atomic mass is 16.2. The molecule has 1 aliphatic heterocycles. The summed E-state index contributed by atoms with van der Waals surface area (Å²) in [5.74, 6) is 1.17. The Hall–Kier alpha value is -1.99. The lowest BCUT2D eigenvalue weighted by Crippen LogP contribution is -2.47. The average Bonchev–Trinajstić information content (AvgIpc) is 2.98. The van der Waals surface area contributed by atoms with Crippen molar-refractivity contribution in [3.05, 3.63) is 5.82 Å². The van der Waals surface area contributed by atoms with Gasteiger partial charge in [-0.1, -0.05) is 19.1 Å². The van der Waals surface area contributed by atoms with E-state index in [1.54, 1.807) is 0 Å². The van der Waals surface area contributed by atoms with Gasteiger partial charge < -0.3 is 10.2 Å². The molecular formula is C14H24N6O2. The van der Waals surface area contributed by atoms with E-state index in [1.165, 1.54) is 0 Å². The summed E-state index contributed by atoms with van der Waals surface area (Å²) in [6.07, 6.45) is 2.56. The van der Waals surface area contributed by atoms with Crippen LogP contribution in [0.2, 0.25) is 0 Å². The van der Waals surface area contributed by atoms with Gasteiger partial charge in [-0.2, -0.15) is 5.21 Å². The summed E-state index contributed by atoms with van der Waals surface area (Å²) in [5.41, 5.74) is 0. The van der Waals surface area contributed by atoms with E-state index < -0.39 is 0 Å². The number of rotatable bonds is 7. The molecule has 2 heterocycles. The first-order chi connectivity index (χ1) is 10.6. The molecule has 2 N–H and O–H groups in total. The van der Waals surface area contributed by atoms with E-state index in [0.717, 1.165) is 13.0 Å². The second-order valence-corrected chi connectivity index (χ2v) is 6.15. The van der Waals surface area contributed by atoms with Crippen LogP contribution in [0.15, 0.2) is 0 Å². The fraction of sp³-hybridized carbons (Fsp3) is 0.786. The van der Waals surface area contributed by atoms with Crippen molar-refractivity contribution in [2.45, 2.75) is 39.5 Å². The minimum Gasteiger partial charge on any atom is -0.356 e. The molecule has 0 aliphatic carbocycles. The number of amides is 2. The van der Waals surface area contributed by atoms with Gasteiger partial charge in [-0.25, -0.2) is 0 Å². The van der Waals surface area contributed by atoms with Gasteiger partial charge in [-0.15, -0.1) is 10.2 Å². The number of piperidine rings is 1. The van der Waals surface area contributed by atoms with Crippen molar-refractivity contribution in [1.29, 1.82) is 0 Å². The Morgan fingerprint density at radius 2 is 2.32 bits per heavy atom. The summed E-state index contributed by atoms with van der Waals surface area (Å²) in [5, 5.41) is 16.6. The molecule has 1 fully saturated rings. The second-order valence-electron chi connectivity index (χ2n) is 6.15. The number of H-pyrrole nitrogens is 1. The Bertz CT molecular complexity index is 488. The lowest BCUT2D eigenvalue weighted by Gasteiger charge is -2.33. The molecule has 1 aromatic heterocycles. The molecule has 8 nitrogen and oxygen atoms in total. The van der Waals surface area contributed by atoms with Crippen molar-refractivity contribution >= 4 is 11.8 Å². The molecule has 0 unspecified atom stereocenters. The van der Waals surface area contributed by atoms with E-state index in [1.807, 2.05) is 4.90 Å². The zero-order valence-corrected chi connectivity index (χ0v) is 13.2. The van der Waals surface area contributed by atoms with Crippen LogP contribution < -0.4 is 5.32 Å². The van der Waals surface area contributed by atoms with Gasteiger partial charge in [0.05, 0.1) is 5.92 Å². The fourth-order valence-electron chi connectivity index (χ4n) is 2.64. The maximum absolute atomic E-state index is 12.2. The standard InChI is InChI=1S/C14H24N6O2/c1-10(2)8-20-9-11(5-6-13(20)21)14(22)15-7-3-4-12-16-18-19-17-12/h10-11H,3-9H2,1-2H3,(H,15,22)(H,16,17,18,19)/t11-/m0/s1. The molecule has 8 heteroatoms. The van der Waals surface area contributed by atoms with Crippen LogP contribution >= 0.6 is 0 Å². The van der Waals surface area contributed by atoms with Gasteiger partial charge in [0, 0.05) is 32.5 Å². The molecule has 2 amide bonds. The number of hydrogen-bond acceptors (Lipinski definition) is 5. The molecule has 1 saturated heterocycles. The summed E-state index contributed by atoms with van der Waals surface area (Å²) in [7, 11) is 0. The first-order valence-electron chi connectivity index (χ1n) is 7.84. The van der Waals surface area contributed by atoms with Crippen molar-refractivity contribution in [2.75, 3.05) is 19.6 Å². The SMILES string of the molecule is CC(C)CN1C[C@@H](C(=O)NCCCc2nn[nH]n2)CCC1=O. The van der Waals surface area contributed by atoms with Gasteiger partial charge in [-0.05, 0) is 18.8 Å². The van der Waals surface area contributed by atoms with Crippen molar-refractivity contribution in [2.24, 2.45) is 11.8 Å². The Labute approximate surface area is 130 Å². The molecular weight excluding hydrogens is 284 g/mol. The van der Waals surface area contributed by atoms with E-state index in [9.17, 15) is 9.59 Å². The van der Waals surface area contributed by atoms with Gasteiger partial charge >= 0.3 is 0 Å². The Morgan fingerprint density at radius 1 is 1.50 bits per heavy atom. The molecule has 1 aromatic rings. The van der Waals surface area contributed by atoms with Crippen LogP contribution in [-0.2, 0) is 16.0 Å². The van der Waals surface area contributed by atoms with Crippen molar-refractivity contribution in [3.8, 4) is 0 Å². The molecule has 1 aliphatic rings. The van der Waals surface area contributed by atoms with Gasteiger partial charge in [0.25, 0.3) is 0 Å². The third kappa shape index (κ3) is 4.78. The summed E-state index contributed by atoms with van der Waals surface area (Å²) in [6, 6.07) is 0. The Balaban J connectivity index is 1.71. The Kier molecular flexibility index (Phi) is 5.85. The maximum Gasteiger partial charge on any atom is 0.224 e. The quantitative estimate of drug-likeness (QED) is 0.697. The number of aromatic amines is 1. The van der Waals surface area contributed by atoms with Gasteiger partial charge in [0.1, 0.15) is 0 Å². The number of carbonyl (C=O) groups is 2. The monoisotopic (exact) mass is 308 g/mol. The predicted molar refractivity (Wildman–Crippen MR) is 79.7 cm³/mol. The third-order valence-electron chi connectivity index (χ3n) is 3.72. The van der Waals surface area contributed by atoms with Crippen molar-refractivity contribution < 1.29 is 9.59 Å². The molecule has 1 atom stereocenters. The first kappa shape index (κ1) is 16.4. The lowest BCUT2D eigenvalue weighted by molar-refractivity contribution is -0.138. The van der Waals surface area contributed by atoms with Crippen LogP contribution in [0.4, 0.5) is 0 Å². The summed E-state index contributed by atoms with van der Waals surface area (Å²) >= 11 is 0. The summed E-state index contributed by atoms with van der Waals surface area (Å²) in [6.45, 7) is 6.00. The first-order valence-corrected chi connectivity index (χ1v) is 7.84. The number of tetrazole rings is 1. The molecule has 0 bridgehead atoms. The highest BCUT2D eigenvalue weighted by Gasteiger charge is 2.30. The van der Waals surface area contributed by atoms with E-state index in [0.29, 0.717) is 44.1 Å². The Morgan fingerprint density at radius 3 is 3.00 bits per heavy atom. The zero-order chi connectivity index (χ0) is 15.9. The second kappa shape index (κ2) is 7.86. The van der Waals surface area contributed by atoms with E-state index in [4.69, 9.17) is 0 Å². The normalized spacial score (nSPS) is 18.8. The predicted octanol–water partition coefficient (Wildman–Crippen LogP) is 0.143. The third-order valence-corrected chi connectivity index (χ3v) is 3.72. The van der Waals surface area contributed by atoms with E-state index in [2.05, 4.69) is 39.8 Å². The molecule has 0 aromatic carbocycles. The summed E-state index contributed by atoms with van der Waals surface area (Å²) in [4.78, 5) is 25.9. The molecule has 22 heavy (non-hydrogen) atoms. The van der Waals surface area contributed by atoms with Crippen LogP contribution in [0.25, 0.3) is 0 Å². The number of likely N-dealkylation sites (tertiary alicyclic amines) is 1. The maximum atomic E-state index is 12.2. The van der Waals surface area contributed by atoms with Crippen LogP contribution in [0.3, 0.4) is 0 Å². The highest BCUT2D eigenvalue weighted by Crippen LogP contribution is 2.18. The summed E-state index contributed by atoms with van der Waals surface area (Å²) < 4.78 is 0. The number of nitrogens with one attached hydrogen (secondary N) is 2. The highest BCUT2D eigenvalue weighted by molar-refractivity contribution is 5.83. The van der Waals surface area contributed by atoms with E-state index in [-0.39, 0.29) is 17.7 Å². The minimum atomic E-state index is -0.0957. The fourth-order valence-corrected chi connectivity index (χ4v) is 2.64. The topological polar surface area (TPSA) is 104 Å². The van der Waals surface area contributed by atoms with Gasteiger partial charge in [0.2, 0.25) is 11.8 Å². The molecule has 0 radical (unpaired) electrons. The van der Waals surface area contributed by atoms with Crippen molar-refractivity contribution in [3.63, 3.8) is 0 Å². The van der Waals surface area contributed by atoms with E-state index >= 15 is 0 Å². The smallest absolute Gasteiger partial charge is 0.224 e. The number of nitrogens with zero attached hydrogens (tertiary/aromatic N) is 4. The molecule has 122 valence electrons.